The van der Waals surface area contributed by atoms with Gasteiger partial charge < -0.3 is 14.0 Å². The first-order chi connectivity index (χ1) is 12.8. The molecule has 3 aromatic rings. The molecular formula is C22H26N2O2. The lowest BCUT2D eigenvalue weighted by Gasteiger charge is -2.14. The van der Waals surface area contributed by atoms with Crippen molar-refractivity contribution in [2.75, 3.05) is 13.2 Å². The molecule has 0 amide bonds. The Bertz CT molecular complexity index is 848. The second-order valence-corrected chi connectivity index (χ2v) is 6.81. The molecule has 1 saturated heterocycles. The Labute approximate surface area is 154 Å². The van der Waals surface area contributed by atoms with Crippen LogP contribution in [0.1, 0.15) is 43.7 Å². The van der Waals surface area contributed by atoms with Crippen LogP contribution in [0, 0.1) is 0 Å². The van der Waals surface area contributed by atoms with Crippen molar-refractivity contribution in [3.05, 3.63) is 59.9 Å². The number of ether oxygens (including phenoxy) is 2. The van der Waals surface area contributed by atoms with E-state index >= 15 is 0 Å². The maximum absolute atomic E-state index is 5.92. The van der Waals surface area contributed by atoms with Crippen molar-refractivity contribution in [3.8, 4) is 5.75 Å². The molecule has 2 heterocycles. The molecule has 4 heteroatoms. The molecule has 0 aliphatic carbocycles. The van der Waals surface area contributed by atoms with Gasteiger partial charge in [0.15, 0.2) is 0 Å². The quantitative estimate of drug-likeness (QED) is 0.568. The SMILES string of the molecule is CCc1ccc(OCCCn2c([C@H]3CCCO3)nc3ccccc32)cc1. The molecule has 1 aliphatic rings. The van der Waals surface area contributed by atoms with Crippen molar-refractivity contribution in [2.24, 2.45) is 0 Å². The third kappa shape index (κ3) is 3.61. The fourth-order valence-corrected chi connectivity index (χ4v) is 3.59. The van der Waals surface area contributed by atoms with E-state index in [1.807, 2.05) is 6.07 Å². The first-order valence-electron chi connectivity index (χ1n) is 9.63. The van der Waals surface area contributed by atoms with Crippen LogP contribution in [-0.4, -0.2) is 22.8 Å². The number of benzene rings is 2. The lowest BCUT2D eigenvalue weighted by molar-refractivity contribution is 0.102. The molecular weight excluding hydrogens is 324 g/mol. The normalized spacial score (nSPS) is 17.0. The highest BCUT2D eigenvalue weighted by Crippen LogP contribution is 2.30. The minimum absolute atomic E-state index is 0.130. The van der Waals surface area contributed by atoms with Gasteiger partial charge in [-0.3, -0.25) is 0 Å². The second kappa shape index (κ2) is 7.92. The van der Waals surface area contributed by atoms with Crippen LogP contribution in [0.3, 0.4) is 0 Å². The highest BCUT2D eigenvalue weighted by molar-refractivity contribution is 5.76. The maximum Gasteiger partial charge on any atom is 0.139 e. The summed E-state index contributed by atoms with van der Waals surface area (Å²) in [5.74, 6) is 2.01. The van der Waals surface area contributed by atoms with Gasteiger partial charge in [0, 0.05) is 13.2 Å². The van der Waals surface area contributed by atoms with Gasteiger partial charge in [-0.2, -0.15) is 0 Å². The number of fused-ring (bicyclic) bond motifs is 1. The zero-order valence-electron chi connectivity index (χ0n) is 15.4. The number of imidazole rings is 1. The van der Waals surface area contributed by atoms with Crippen molar-refractivity contribution >= 4 is 11.0 Å². The van der Waals surface area contributed by atoms with Crippen molar-refractivity contribution in [3.63, 3.8) is 0 Å². The average Bonchev–Trinajstić information content (AvgIpc) is 3.33. The van der Waals surface area contributed by atoms with E-state index in [0.29, 0.717) is 6.61 Å². The lowest BCUT2D eigenvalue weighted by atomic mass is 10.2. The molecule has 26 heavy (non-hydrogen) atoms. The number of para-hydroxylation sites is 2. The zero-order chi connectivity index (χ0) is 17.8. The molecule has 2 aromatic carbocycles. The summed E-state index contributed by atoms with van der Waals surface area (Å²) in [5, 5.41) is 0. The predicted molar refractivity (Wildman–Crippen MR) is 104 cm³/mol. The minimum Gasteiger partial charge on any atom is -0.494 e. The topological polar surface area (TPSA) is 36.3 Å². The molecule has 4 nitrogen and oxygen atoms in total. The van der Waals surface area contributed by atoms with Gasteiger partial charge in [0.25, 0.3) is 0 Å². The predicted octanol–water partition coefficient (Wildman–Crippen LogP) is 4.92. The molecule has 0 spiro atoms. The smallest absolute Gasteiger partial charge is 0.139 e. The number of aromatic nitrogens is 2. The molecule has 0 N–H and O–H groups in total. The number of rotatable bonds is 7. The van der Waals surface area contributed by atoms with Crippen molar-refractivity contribution in [1.82, 2.24) is 9.55 Å². The molecule has 0 unspecified atom stereocenters. The number of hydrogen-bond donors (Lipinski definition) is 0. The summed E-state index contributed by atoms with van der Waals surface area (Å²) in [6.07, 6.45) is 4.30. The summed E-state index contributed by atoms with van der Waals surface area (Å²) < 4.78 is 14.1. The van der Waals surface area contributed by atoms with Crippen molar-refractivity contribution in [1.29, 1.82) is 0 Å². The Morgan fingerprint density at radius 2 is 2.00 bits per heavy atom. The van der Waals surface area contributed by atoms with E-state index in [-0.39, 0.29) is 6.10 Å². The second-order valence-electron chi connectivity index (χ2n) is 6.81. The van der Waals surface area contributed by atoms with Crippen LogP contribution >= 0.6 is 0 Å². The Balaban J connectivity index is 1.43. The largest absolute Gasteiger partial charge is 0.494 e. The van der Waals surface area contributed by atoms with E-state index < -0.39 is 0 Å². The van der Waals surface area contributed by atoms with Crippen LogP contribution < -0.4 is 4.74 Å². The van der Waals surface area contributed by atoms with Crippen LogP contribution in [-0.2, 0) is 17.7 Å². The number of nitrogens with zero attached hydrogens (tertiary/aromatic N) is 2. The van der Waals surface area contributed by atoms with Gasteiger partial charge in [-0.25, -0.2) is 4.98 Å². The lowest BCUT2D eigenvalue weighted by Crippen LogP contribution is -2.11. The fraction of sp³-hybridized carbons (Fsp3) is 0.409. The summed E-state index contributed by atoms with van der Waals surface area (Å²) in [5.41, 5.74) is 3.57. The molecule has 1 aliphatic heterocycles. The van der Waals surface area contributed by atoms with E-state index in [9.17, 15) is 0 Å². The monoisotopic (exact) mass is 350 g/mol. The Kier molecular flexibility index (Phi) is 5.21. The molecule has 1 atom stereocenters. The summed E-state index contributed by atoms with van der Waals surface area (Å²) in [4.78, 5) is 4.85. The molecule has 0 radical (unpaired) electrons. The van der Waals surface area contributed by atoms with E-state index in [0.717, 1.165) is 55.9 Å². The van der Waals surface area contributed by atoms with Gasteiger partial charge in [-0.1, -0.05) is 31.2 Å². The zero-order valence-corrected chi connectivity index (χ0v) is 15.4. The molecule has 136 valence electrons. The van der Waals surface area contributed by atoms with Crippen molar-refractivity contribution < 1.29 is 9.47 Å². The van der Waals surface area contributed by atoms with E-state index in [4.69, 9.17) is 14.5 Å². The Hall–Kier alpha value is -2.33. The third-order valence-electron chi connectivity index (χ3n) is 5.03. The average molecular weight is 350 g/mol. The van der Waals surface area contributed by atoms with Crippen LogP contribution in [0.15, 0.2) is 48.5 Å². The third-order valence-corrected chi connectivity index (χ3v) is 5.03. The number of aryl methyl sites for hydroxylation is 2. The van der Waals surface area contributed by atoms with Gasteiger partial charge in [0.1, 0.15) is 17.7 Å². The standard InChI is InChI=1S/C22H26N2O2/c1-2-17-10-12-18(13-11-17)25-16-6-14-24-20-8-4-3-7-19(20)23-22(24)21-9-5-15-26-21/h3-4,7-8,10-13,21H,2,5-6,9,14-16H2,1H3/t21-/m1/s1. The summed E-state index contributed by atoms with van der Waals surface area (Å²) in [6.45, 7) is 4.59. The van der Waals surface area contributed by atoms with Crippen LogP contribution in [0.25, 0.3) is 11.0 Å². The Morgan fingerprint density at radius 1 is 1.15 bits per heavy atom. The maximum atomic E-state index is 5.92. The molecule has 0 saturated carbocycles. The van der Waals surface area contributed by atoms with Gasteiger partial charge in [0.2, 0.25) is 0 Å². The summed E-state index contributed by atoms with van der Waals surface area (Å²) in [7, 11) is 0. The van der Waals surface area contributed by atoms with Gasteiger partial charge in [-0.05, 0) is 55.5 Å². The molecule has 1 aromatic heterocycles. The highest BCUT2D eigenvalue weighted by atomic mass is 16.5. The Morgan fingerprint density at radius 3 is 2.77 bits per heavy atom. The minimum atomic E-state index is 0.130. The van der Waals surface area contributed by atoms with Crippen LogP contribution in [0.4, 0.5) is 0 Å². The summed E-state index contributed by atoms with van der Waals surface area (Å²) >= 11 is 0. The van der Waals surface area contributed by atoms with Gasteiger partial charge >= 0.3 is 0 Å². The fourth-order valence-electron chi connectivity index (χ4n) is 3.59. The van der Waals surface area contributed by atoms with E-state index in [1.165, 1.54) is 11.1 Å². The van der Waals surface area contributed by atoms with Gasteiger partial charge in [0.05, 0.1) is 17.6 Å². The van der Waals surface area contributed by atoms with E-state index in [2.05, 4.69) is 54.0 Å². The first kappa shape index (κ1) is 17.1. The first-order valence-corrected chi connectivity index (χ1v) is 9.63. The number of hydrogen-bond acceptors (Lipinski definition) is 3. The van der Waals surface area contributed by atoms with Crippen LogP contribution in [0.5, 0.6) is 5.75 Å². The molecule has 0 bridgehead atoms. The highest BCUT2D eigenvalue weighted by Gasteiger charge is 2.24. The van der Waals surface area contributed by atoms with Gasteiger partial charge in [-0.15, -0.1) is 0 Å². The van der Waals surface area contributed by atoms with E-state index in [1.54, 1.807) is 0 Å². The molecule has 1 fully saturated rings. The summed E-state index contributed by atoms with van der Waals surface area (Å²) in [6, 6.07) is 16.7. The van der Waals surface area contributed by atoms with Crippen molar-refractivity contribution in [2.45, 2.75) is 45.3 Å². The molecule has 4 rings (SSSR count). The van der Waals surface area contributed by atoms with Crippen LogP contribution in [0.2, 0.25) is 0 Å².